The summed E-state index contributed by atoms with van der Waals surface area (Å²) in [5.41, 5.74) is 1.53. The number of hydrazone groups is 1. The van der Waals surface area contributed by atoms with Gasteiger partial charge in [-0.15, -0.1) is 0 Å². The van der Waals surface area contributed by atoms with Gasteiger partial charge in [0.05, 0.1) is 6.21 Å². The van der Waals surface area contributed by atoms with Gasteiger partial charge in [0.15, 0.2) is 0 Å². The van der Waals surface area contributed by atoms with Crippen LogP contribution in [0.4, 0.5) is 30.7 Å². The highest BCUT2D eigenvalue weighted by Gasteiger charge is 2.73. The summed E-state index contributed by atoms with van der Waals surface area (Å²) < 4.78 is 96.6. The molecular weight excluding hydrogens is 509 g/mol. The first kappa shape index (κ1) is 23.8. The summed E-state index contributed by atoms with van der Waals surface area (Å²) >= 11 is 3.30. The highest BCUT2D eigenvalue weighted by Crippen LogP contribution is 2.45. The van der Waals surface area contributed by atoms with E-state index in [4.69, 9.17) is 4.74 Å². The average Bonchev–Trinajstić information content (AvgIpc) is 2.73. The van der Waals surface area contributed by atoms with Crippen LogP contribution in [0.3, 0.4) is 0 Å². The van der Waals surface area contributed by atoms with Gasteiger partial charge in [-0.1, -0.05) is 58.4 Å². The minimum absolute atomic E-state index is 0.0855. The maximum absolute atomic E-state index is 13.5. The summed E-state index contributed by atoms with van der Waals surface area (Å²) in [6.07, 6.45) is -5.74. The summed E-state index contributed by atoms with van der Waals surface area (Å²) in [6.45, 7) is 0.0855. The maximum atomic E-state index is 13.5. The number of nitrogens with zero attached hydrogens (tertiary/aromatic N) is 1. The number of alkyl halides is 7. The molecule has 1 N–H and O–H groups in total. The van der Waals surface area contributed by atoms with E-state index in [9.17, 15) is 30.7 Å². The lowest BCUT2D eigenvalue weighted by molar-refractivity contribution is -0.361. The van der Waals surface area contributed by atoms with Gasteiger partial charge in [0.1, 0.15) is 12.4 Å². The molecule has 3 nitrogen and oxygen atoms in total. The van der Waals surface area contributed by atoms with Crippen molar-refractivity contribution in [1.29, 1.82) is 0 Å². The Bertz CT molecular complexity index is 1120. The van der Waals surface area contributed by atoms with Crippen molar-refractivity contribution < 1.29 is 35.5 Å². The zero-order valence-electron chi connectivity index (χ0n) is 15.9. The Morgan fingerprint density at radius 2 is 1.53 bits per heavy atom. The van der Waals surface area contributed by atoms with E-state index in [2.05, 4.69) is 21.0 Å². The molecule has 0 unspecified atom stereocenters. The van der Waals surface area contributed by atoms with Crippen molar-refractivity contribution in [3.8, 4) is 5.75 Å². The number of fused-ring (bicyclic) bond motifs is 1. The SMILES string of the molecule is FC(F)(F)C(F)(F)C(F)(F)N/N=C\c1c(OCc2ccc(Br)cc2)ccc2ccccc12. The monoisotopic (exact) mass is 522 g/mol. The molecule has 0 aliphatic carbocycles. The first-order valence-corrected chi connectivity index (χ1v) is 9.73. The number of halogens is 8. The van der Waals surface area contributed by atoms with E-state index < -0.39 is 18.1 Å². The van der Waals surface area contributed by atoms with Gasteiger partial charge in [-0.25, -0.2) is 5.43 Å². The summed E-state index contributed by atoms with van der Waals surface area (Å²) in [5, 5.41) is 4.10. The van der Waals surface area contributed by atoms with E-state index in [1.807, 2.05) is 0 Å². The zero-order valence-corrected chi connectivity index (χ0v) is 17.5. The van der Waals surface area contributed by atoms with Crippen molar-refractivity contribution in [2.45, 2.75) is 24.8 Å². The van der Waals surface area contributed by atoms with E-state index >= 15 is 0 Å². The molecule has 0 amide bonds. The van der Waals surface area contributed by atoms with Gasteiger partial charge in [-0.05, 0) is 34.5 Å². The van der Waals surface area contributed by atoms with Crippen molar-refractivity contribution in [3.05, 3.63) is 76.3 Å². The van der Waals surface area contributed by atoms with Gasteiger partial charge in [-0.3, -0.25) is 0 Å². The first-order chi connectivity index (χ1) is 14.9. The highest BCUT2D eigenvalue weighted by atomic mass is 79.9. The topological polar surface area (TPSA) is 33.6 Å². The summed E-state index contributed by atoms with van der Waals surface area (Å²) in [4.78, 5) is 0. The number of benzene rings is 3. The number of hydrogen-bond acceptors (Lipinski definition) is 3. The largest absolute Gasteiger partial charge is 0.488 e. The summed E-state index contributed by atoms with van der Waals surface area (Å²) in [7, 11) is 0. The van der Waals surface area contributed by atoms with Gasteiger partial charge in [0.25, 0.3) is 0 Å². The Kier molecular flexibility index (Phi) is 6.68. The predicted octanol–water partition coefficient (Wildman–Crippen LogP) is 6.90. The molecule has 0 heterocycles. The van der Waals surface area contributed by atoms with Gasteiger partial charge < -0.3 is 4.74 Å². The van der Waals surface area contributed by atoms with E-state index in [1.54, 1.807) is 54.6 Å². The standard InChI is InChI=1S/C21H14BrF7N2O/c22-15-8-5-13(6-9-15)12-32-18-10-7-14-3-1-2-4-16(14)17(18)11-30-31-21(28,29)19(23,24)20(25,26)27/h1-11,31H,12H2/b30-11-. The van der Waals surface area contributed by atoms with Gasteiger partial charge >= 0.3 is 18.1 Å². The summed E-state index contributed by atoms with van der Waals surface area (Å²) in [6, 6.07) is 11.3. The zero-order chi connectivity index (χ0) is 23.6. The Morgan fingerprint density at radius 3 is 2.19 bits per heavy atom. The second-order valence-electron chi connectivity index (χ2n) is 6.63. The van der Waals surface area contributed by atoms with Crippen LogP contribution in [0.2, 0.25) is 0 Å². The Morgan fingerprint density at radius 1 is 0.875 bits per heavy atom. The molecule has 0 fully saturated rings. The molecule has 0 saturated carbocycles. The summed E-state index contributed by atoms with van der Waals surface area (Å²) in [5.74, 6) is -6.15. The smallest absolute Gasteiger partial charge is 0.462 e. The predicted molar refractivity (Wildman–Crippen MR) is 109 cm³/mol. The number of nitrogens with one attached hydrogen (secondary N) is 1. The lowest BCUT2D eigenvalue weighted by atomic mass is 10.0. The highest BCUT2D eigenvalue weighted by molar-refractivity contribution is 9.10. The van der Waals surface area contributed by atoms with Crippen LogP contribution >= 0.6 is 15.9 Å². The molecule has 0 bridgehead atoms. The normalized spacial score (nSPS) is 13.0. The van der Waals surface area contributed by atoms with Gasteiger partial charge in [0.2, 0.25) is 0 Å². The Balaban J connectivity index is 1.90. The molecule has 0 radical (unpaired) electrons. The van der Waals surface area contributed by atoms with Crippen LogP contribution in [-0.2, 0) is 6.61 Å². The van der Waals surface area contributed by atoms with Crippen LogP contribution in [0, 0.1) is 0 Å². The lowest BCUT2D eigenvalue weighted by Gasteiger charge is -2.27. The molecule has 3 rings (SSSR count). The van der Waals surface area contributed by atoms with Crippen molar-refractivity contribution in [1.82, 2.24) is 5.43 Å². The van der Waals surface area contributed by atoms with E-state index in [0.29, 0.717) is 16.2 Å². The minimum atomic E-state index is -6.46. The van der Waals surface area contributed by atoms with Crippen molar-refractivity contribution in [3.63, 3.8) is 0 Å². The second kappa shape index (κ2) is 8.97. The molecule has 11 heteroatoms. The fraction of sp³-hybridized carbons (Fsp3) is 0.190. The number of hydrogen-bond donors (Lipinski definition) is 1. The second-order valence-corrected chi connectivity index (χ2v) is 7.55. The molecule has 32 heavy (non-hydrogen) atoms. The van der Waals surface area contributed by atoms with Crippen LogP contribution in [0.25, 0.3) is 10.8 Å². The van der Waals surface area contributed by atoms with Crippen molar-refractivity contribution >= 4 is 32.9 Å². The van der Waals surface area contributed by atoms with Crippen LogP contribution in [0.5, 0.6) is 5.75 Å². The van der Waals surface area contributed by atoms with Crippen molar-refractivity contribution in [2.24, 2.45) is 5.10 Å². The van der Waals surface area contributed by atoms with Gasteiger partial charge in [-0.2, -0.15) is 35.8 Å². The molecule has 3 aromatic carbocycles. The molecular formula is C21H14BrF7N2O. The Hall–Kier alpha value is -2.82. The molecule has 3 aromatic rings. The molecule has 170 valence electrons. The van der Waals surface area contributed by atoms with E-state index in [-0.39, 0.29) is 17.9 Å². The molecule has 0 aromatic heterocycles. The minimum Gasteiger partial charge on any atom is -0.488 e. The maximum Gasteiger partial charge on any atom is 0.462 e. The Labute approximate surface area is 186 Å². The fourth-order valence-electron chi connectivity index (χ4n) is 2.70. The van der Waals surface area contributed by atoms with Crippen molar-refractivity contribution in [2.75, 3.05) is 0 Å². The van der Waals surface area contributed by atoms with Crippen LogP contribution in [0.15, 0.2) is 70.2 Å². The molecule has 0 spiro atoms. The van der Waals surface area contributed by atoms with Crippen LogP contribution < -0.4 is 10.2 Å². The molecule has 0 aliphatic heterocycles. The number of ether oxygens (including phenoxy) is 1. The number of rotatable bonds is 7. The molecule has 0 atom stereocenters. The third-order valence-electron chi connectivity index (χ3n) is 4.39. The average molecular weight is 523 g/mol. The lowest BCUT2D eigenvalue weighted by Crippen LogP contribution is -2.58. The molecule has 0 aliphatic rings. The first-order valence-electron chi connectivity index (χ1n) is 8.94. The van der Waals surface area contributed by atoms with Crippen LogP contribution in [-0.4, -0.2) is 24.4 Å². The third-order valence-corrected chi connectivity index (χ3v) is 4.92. The van der Waals surface area contributed by atoms with Gasteiger partial charge in [0, 0.05) is 10.0 Å². The van der Waals surface area contributed by atoms with E-state index in [0.717, 1.165) is 16.3 Å². The molecule has 0 saturated heterocycles. The fourth-order valence-corrected chi connectivity index (χ4v) is 2.97. The van der Waals surface area contributed by atoms with E-state index in [1.165, 1.54) is 6.07 Å². The quantitative estimate of drug-likeness (QED) is 0.158. The third kappa shape index (κ3) is 4.98. The van der Waals surface area contributed by atoms with Crippen LogP contribution in [0.1, 0.15) is 11.1 Å².